The number of thiocarbonyl (C=S) groups is 1. The number of carbonyl (C=O) groups is 2. The molecular formula is C46H84N2O5S. The lowest BCUT2D eigenvalue weighted by atomic mass is 10.1. The van der Waals surface area contributed by atoms with Crippen molar-refractivity contribution in [1.82, 2.24) is 10.2 Å². The summed E-state index contributed by atoms with van der Waals surface area (Å²) in [7, 11) is 0. The van der Waals surface area contributed by atoms with E-state index in [-0.39, 0.29) is 30.3 Å². The molecule has 1 N–H and O–H groups in total. The van der Waals surface area contributed by atoms with E-state index in [1.54, 1.807) is 0 Å². The summed E-state index contributed by atoms with van der Waals surface area (Å²) in [6.07, 6.45) is 43.7. The summed E-state index contributed by atoms with van der Waals surface area (Å²) in [4.78, 5) is 27.5. The number of hydrogen-bond acceptors (Lipinski definition) is 7. The van der Waals surface area contributed by atoms with Crippen LogP contribution in [0.4, 0.5) is 0 Å². The van der Waals surface area contributed by atoms with Gasteiger partial charge < -0.3 is 24.4 Å². The fourth-order valence-electron chi connectivity index (χ4n) is 6.83. The maximum atomic E-state index is 12.5. The summed E-state index contributed by atoms with van der Waals surface area (Å²) in [5, 5.41) is 3.41. The van der Waals surface area contributed by atoms with Gasteiger partial charge >= 0.3 is 11.9 Å². The first kappa shape index (κ1) is 50.1. The Hall–Kier alpha value is -1.93. The zero-order valence-electron chi connectivity index (χ0n) is 35.2. The van der Waals surface area contributed by atoms with Crippen LogP contribution in [0.15, 0.2) is 24.3 Å². The normalized spacial score (nSPS) is 13.9. The van der Waals surface area contributed by atoms with E-state index in [0.29, 0.717) is 19.4 Å². The minimum Gasteiger partial charge on any atom is -0.462 e. The number of allylic oxidation sites excluding steroid dienone is 4. The second kappa shape index (κ2) is 39.3. The zero-order valence-corrected chi connectivity index (χ0v) is 36.1. The van der Waals surface area contributed by atoms with Crippen molar-refractivity contribution in [3.63, 3.8) is 0 Å². The molecule has 1 heterocycles. The van der Waals surface area contributed by atoms with E-state index in [9.17, 15) is 9.59 Å². The van der Waals surface area contributed by atoms with Crippen LogP contribution in [-0.4, -0.2) is 67.5 Å². The standard InChI is InChI=1S/C46H84N2O5S/c1-3-5-7-9-11-13-15-17-19-21-23-25-27-29-31-35-44(49)51-41-43(53-46(54)47-37-40-48-38-33-34-39-48)42-52-45(50)36-32-30-28-26-24-22-20-18-16-14-12-10-8-6-4-2/h17-20,43H,3-16,21-42H2,1-2H3,(H,47,54). The predicted molar refractivity (Wildman–Crippen MR) is 232 cm³/mol. The highest BCUT2D eigenvalue weighted by atomic mass is 32.1. The average Bonchev–Trinajstić information content (AvgIpc) is 3.69. The topological polar surface area (TPSA) is 77.1 Å². The minimum atomic E-state index is -0.632. The van der Waals surface area contributed by atoms with Crippen molar-refractivity contribution < 1.29 is 23.8 Å². The molecule has 0 aliphatic carbocycles. The Bertz CT molecular complexity index is 880. The van der Waals surface area contributed by atoms with Gasteiger partial charge in [-0.3, -0.25) is 9.59 Å². The molecule has 314 valence electrons. The van der Waals surface area contributed by atoms with Crippen LogP contribution in [0.25, 0.3) is 0 Å². The van der Waals surface area contributed by atoms with E-state index in [2.05, 4.69) is 48.4 Å². The van der Waals surface area contributed by atoms with Gasteiger partial charge in [0.2, 0.25) is 0 Å². The molecule has 1 aliphatic heterocycles. The van der Waals surface area contributed by atoms with Gasteiger partial charge in [-0.2, -0.15) is 0 Å². The summed E-state index contributed by atoms with van der Waals surface area (Å²) < 4.78 is 17.1. The Morgan fingerprint density at radius 2 is 0.944 bits per heavy atom. The van der Waals surface area contributed by atoms with E-state index in [0.717, 1.165) is 71.0 Å². The molecule has 8 heteroatoms. The number of hydrogen-bond donors (Lipinski definition) is 1. The van der Waals surface area contributed by atoms with Gasteiger partial charge in [0.25, 0.3) is 5.17 Å². The maximum absolute atomic E-state index is 12.5. The van der Waals surface area contributed by atoms with E-state index >= 15 is 0 Å². The summed E-state index contributed by atoms with van der Waals surface area (Å²) >= 11 is 5.44. The van der Waals surface area contributed by atoms with Gasteiger partial charge in [0.1, 0.15) is 13.2 Å². The molecule has 0 atom stereocenters. The van der Waals surface area contributed by atoms with Crippen molar-refractivity contribution in [3.05, 3.63) is 24.3 Å². The van der Waals surface area contributed by atoms with Crippen LogP contribution in [0.1, 0.15) is 206 Å². The number of unbranched alkanes of at least 4 members (excludes halogenated alkanes) is 22. The van der Waals surface area contributed by atoms with Crippen molar-refractivity contribution in [1.29, 1.82) is 0 Å². The Balaban J connectivity index is 2.21. The molecule has 0 spiro atoms. The number of likely N-dealkylation sites (tertiary alicyclic amines) is 1. The third-order valence-corrected chi connectivity index (χ3v) is 10.6. The van der Waals surface area contributed by atoms with E-state index < -0.39 is 6.10 Å². The number of ether oxygens (including phenoxy) is 3. The summed E-state index contributed by atoms with van der Waals surface area (Å²) in [6.45, 7) is 8.40. The van der Waals surface area contributed by atoms with Crippen LogP contribution in [0.3, 0.4) is 0 Å². The Kier molecular flexibility index (Phi) is 36.5. The van der Waals surface area contributed by atoms with Gasteiger partial charge in [-0.05, 0) is 102 Å². The first-order chi connectivity index (χ1) is 26.5. The van der Waals surface area contributed by atoms with Gasteiger partial charge in [0.05, 0.1) is 0 Å². The van der Waals surface area contributed by atoms with Crippen LogP contribution in [0, 0.1) is 0 Å². The summed E-state index contributed by atoms with van der Waals surface area (Å²) in [5.74, 6) is -0.484. The van der Waals surface area contributed by atoms with E-state index in [1.807, 2.05) is 0 Å². The van der Waals surface area contributed by atoms with Crippen molar-refractivity contribution in [2.45, 2.75) is 213 Å². The third kappa shape index (κ3) is 34.6. The van der Waals surface area contributed by atoms with Crippen LogP contribution >= 0.6 is 12.2 Å². The fraction of sp³-hybridized carbons (Fsp3) is 0.848. The van der Waals surface area contributed by atoms with E-state index in [1.165, 1.54) is 128 Å². The Morgan fingerprint density at radius 3 is 1.35 bits per heavy atom. The molecule has 0 aromatic carbocycles. The van der Waals surface area contributed by atoms with Crippen LogP contribution in [0.2, 0.25) is 0 Å². The highest BCUT2D eigenvalue weighted by Gasteiger charge is 2.19. The lowest BCUT2D eigenvalue weighted by Crippen LogP contribution is -2.38. The first-order valence-corrected chi connectivity index (χ1v) is 23.2. The van der Waals surface area contributed by atoms with Gasteiger partial charge in [0.15, 0.2) is 6.10 Å². The summed E-state index contributed by atoms with van der Waals surface area (Å²) in [6, 6.07) is 0. The van der Waals surface area contributed by atoms with Gasteiger partial charge in [-0.1, -0.05) is 141 Å². The monoisotopic (exact) mass is 777 g/mol. The zero-order chi connectivity index (χ0) is 39.0. The number of carbonyl (C=O) groups excluding carboxylic acids is 2. The number of rotatable bonds is 38. The molecule has 0 amide bonds. The quantitative estimate of drug-likeness (QED) is 0.0287. The Labute approximate surface area is 338 Å². The molecule has 1 rings (SSSR count). The highest BCUT2D eigenvalue weighted by Crippen LogP contribution is 2.13. The maximum Gasteiger partial charge on any atom is 0.305 e. The van der Waals surface area contributed by atoms with Gasteiger partial charge in [-0.15, -0.1) is 0 Å². The number of nitrogens with zero attached hydrogens (tertiary/aromatic N) is 1. The SMILES string of the molecule is CCCCCCCCC=CCCCCCCCC(=O)OCC(COC(=O)CCCCCCCC=CCCCCCCCC)OC(=S)NCCN1CCCC1. The van der Waals surface area contributed by atoms with Crippen molar-refractivity contribution in [2.24, 2.45) is 0 Å². The molecule has 1 fully saturated rings. The van der Waals surface area contributed by atoms with E-state index in [4.69, 9.17) is 26.4 Å². The third-order valence-electron chi connectivity index (χ3n) is 10.3. The van der Waals surface area contributed by atoms with Crippen molar-refractivity contribution in [3.8, 4) is 0 Å². The van der Waals surface area contributed by atoms with Gasteiger partial charge in [0, 0.05) is 25.9 Å². The lowest BCUT2D eigenvalue weighted by Gasteiger charge is -2.21. The predicted octanol–water partition coefficient (Wildman–Crippen LogP) is 12.5. The molecule has 0 aromatic rings. The minimum absolute atomic E-state index is 0.0124. The lowest BCUT2D eigenvalue weighted by molar-refractivity contribution is -0.151. The van der Waals surface area contributed by atoms with Crippen molar-refractivity contribution >= 4 is 29.3 Å². The largest absolute Gasteiger partial charge is 0.462 e. The molecular weight excluding hydrogens is 693 g/mol. The number of nitrogens with one attached hydrogen (secondary N) is 1. The molecule has 0 aromatic heterocycles. The molecule has 1 saturated heterocycles. The van der Waals surface area contributed by atoms with Crippen molar-refractivity contribution in [2.75, 3.05) is 39.4 Å². The molecule has 0 saturated carbocycles. The highest BCUT2D eigenvalue weighted by molar-refractivity contribution is 7.80. The molecule has 1 aliphatic rings. The van der Waals surface area contributed by atoms with Crippen LogP contribution in [0.5, 0.6) is 0 Å². The Morgan fingerprint density at radius 1 is 0.574 bits per heavy atom. The smallest absolute Gasteiger partial charge is 0.305 e. The second-order valence-electron chi connectivity index (χ2n) is 15.5. The molecule has 54 heavy (non-hydrogen) atoms. The second-order valence-corrected chi connectivity index (χ2v) is 15.9. The number of esters is 2. The van der Waals surface area contributed by atoms with Gasteiger partial charge in [-0.25, -0.2) is 0 Å². The molecule has 0 radical (unpaired) electrons. The molecule has 7 nitrogen and oxygen atoms in total. The van der Waals surface area contributed by atoms with Crippen LogP contribution in [-0.2, 0) is 23.8 Å². The first-order valence-electron chi connectivity index (χ1n) is 22.8. The molecule has 0 bridgehead atoms. The molecule has 0 unspecified atom stereocenters. The summed E-state index contributed by atoms with van der Waals surface area (Å²) in [5.41, 5.74) is 0. The fourth-order valence-corrected chi connectivity index (χ4v) is 7.07. The van der Waals surface area contributed by atoms with Crippen LogP contribution < -0.4 is 5.32 Å². The average molecular weight is 777 g/mol.